The molecule has 28 heavy (non-hydrogen) atoms. The van der Waals surface area contributed by atoms with E-state index in [0.717, 1.165) is 10.8 Å². The summed E-state index contributed by atoms with van der Waals surface area (Å²) in [6, 6.07) is 16.7. The molecule has 1 heterocycles. The minimum Gasteiger partial charge on any atom is -0.292 e. The van der Waals surface area contributed by atoms with E-state index in [1.807, 2.05) is 24.3 Å². The predicted octanol–water partition coefficient (Wildman–Crippen LogP) is 3.92. The van der Waals surface area contributed by atoms with Crippen molar-refractivity contribution in [2.75, 3.05) is 6.54 Å². The Bertz CT molecular complexity index is 1150. The number of hydrogen-bond donors (Lipinski definition) is 1. The van der Waals surface area contributed by atoms with Crippen molar-refractivity contribution >= 4 is 39.2 Å². The quantitative estimate of drug-likeness (QED) is 0.519. The van der Waals surface area contributed by atoms with E-state index < -0.39 is 21.9 Å². The Balaban J connectivity index is 1.71. The molecule has 1 aliphatic heterocycles. The second kappa shape index (κ2) is 7.31. The molecule has 0 bridgehead atoms. The van der Waals surface area contributed by atoms with Gasteiger partial charge in [0.25, 0.3) is 0 Å². The molecule has 7 heteroatoms. The zero-order valence-electron chi connectivity index (χ0n) is 14.8. The molecule has 0 spiro atoms. The summed E-state index contributed by atoms with van der Waals surface area (Å²) in [7, 11) is -3.88. The molecule has 0 radical (unpaired) electrons. The number of Topliss-reactive ketones (excluding diaryl/α,β-unsaturated/α-hetero) is 1. The van der Waals surface area contributed by atoms with Crippen molar-refractivity contribution in [1.82, 2.24) is 4.31 Å². The maximum Gasteiger partial charge on any atom is 0.243 e. The lowest BCUT2D eigenvalue weighted by atomic mass is 10.0. The number of ketones is 1. The smallest absolute Gasteiger partial charge is 0.243 e. The molecule has 0 amide bonds. The van der Waals surface area contributed by atoms with Gasteiger partial charge in [-0.3, -0.25) is 4.79 Å². The zero-order valence-corrected chi connectivity index (χ0v) is 16.5. The number of benzene rings is 3. The topological polar surface area (TPSA) is 54.5 Å². The minimum atomic E-state index is -3.88. The summed E-state index contributed by atoms with van der Waals surface area (Å²) in [5.74, 6) is -0.795. The van der Waals surface area contributed by atoms with Crippen LogP contribution in [0.1, 0.15) is 16.8 Å². The summed E-state index contributed by atoms with van der Waals surface area (Å²) < 4.78 is 41.0. The molecular formula is C21H18FNO3S2. The molecule has 2 atom stereocenters. The fourth-order valence-electron chi connectivity index (χ4n) is 3.56. The molecule has 3 aromatic carbocycles. The first-order valence-electron chi connectivity index (χ1n) is 8.85. The highest BCUT2D eigenvalue weighted by atomic mass is 32.2. The predicted molar refractivity (Wildman–Crippen MR) is 110 cm³/mol. The monoisotopic (exact) mass is 415 g/mol. The fraction of sp³-hybridized carbons (Fsp3) is 0.190. The van der Waals surface area contributed by atoms with Crippen molar-refractivity contribution in [3.63, 3.8) is 0 Å². The van der Waals surface area contributed by atoms with Gasteiger partial charge < -0.3 is 0 Å². The first-order valence-corrected chi connectivity index (χ1v) is 10.8. The summed E-state index contributed by atoms with van der Waals surface area (Å²) in [4.78, 5) is 13.1. The lowest BCUT2D eigenvalue weighted by Crippen LogP contribution is -2.40. The number of halogens is 1. The summed E-state index contributed by atoms with van der Waals surface area (Å²) in [6.45, 7) is 0.149. The van der Waals surface area contributed by atoms with Crippen molar-refractivity contribution in [3.05, 3.63) is 78.1 Å². The summed E-state index contributed by atoms with van der Waals surface area (Å²) in [6.07, 6.45) is 0.312. The number of rotatable bonds is 4. The molecule has 4 rings (SSSR count). The van der Waals surface area contributed by atoms with Crippen LogP contribution in [0.2, 0.25) is 0 Å². The van der Waals surface area contributed by atoms with Gasteiger partial charge in [0.2, 0.25) is 10.0 Å². The third-order valence-electron chi connectivity index (χ3n) is 4.99. The van der Waals surface area contributed by atoms with Crippen LogP contribution in [-0.2, 0) is 10.0 Å². The van der Waals surface area contributed by atoms with Gasteiger partial charge >= 0.3 is 0 Å². The van der Waals surface area contributed by atoms with E-state index in [-0.39, 0.29) is 28.0 Å². The van der Waals surface area contributed by atoms with Crippen molar-refractivity contribution in [2.24, 2.45) is 0 Å². The van der Waals surface area contributed by atoms with E-state index in [1.54, 1.807) is 18.2 Å². The van der Waals surface area contributed by atoms with Gasteiger partial charge in [0.15, 0.2) is 5.78 Å². The van der Waals surface area contributed by atoms with Crippen LogP contribution in [0.3, 0.4) is 0 Å². The van der Waals surface area contributed by atoms with Crippen molar-refractivity contribution < 1.29 is 17.6 Å². The van der Waals surface area contributed by atoms with E-state index in [9.17, 15) is 17.6 Å². The molecule has 4 nitrogen and oxygen atoms in total. The molecular weight excluding hydrogens is 397 g/mol. The van der Waals surface area contributed by atoms with Crippen LogP contribution >= 0.6 is 12.6 Å². The summed E-state index contributed by atoms with van der Waals surface area (Å²) in [5, 5.41) is 1.50. The van der Waals surface area contributed by atoms with Crippen LogP contribution in [0.5, 0.6) is 0 Å². The largest absolute Gasteiger partial charge is 0.292 e. The van der Waals surface area contributed by atoms with Crippen LogP contribution < -0.4 is 0 Å². The first kappa shape index (κ1) is 19.1. The zero-order chi connectivity index (χ0) is 19.9. The molecule has 144 valence electrons. The maximum atomic E-state index is 13.3. The van der Waals surface area contributed by atoms with Gasteiger partial charge in [0, 0.05) is 17.4 Å². The Morgan fingerprint density at radius 3 is 2.39 bits per heavy atom. The molecule has 0 aromatic heterocycles. The molecule has 0 unspecified atom stereocenters. The molecule has 1 fully saturated rings. The highest BCUT2D eigenvalue weighted by molar-refractivity contribution is 7.89. The molecule has 0 aliphatic carbocycles. The third kappa shape index (κ3) is 3.45. The molecule has 1 saturated heterocycles. The van der Waals surface area contributed by atoms with Gasteiger partial charge in [-0.25, -0.2) is 12.8 Å². The number of thiol groups is 1. The SMILES string of the molecule is O=C(c1ccc(F)cc1)[C@@H]1C[C@@H](S)CN1S(=O)(=O)c1ccc2ccccc2c1. The van der Waals surface area contributed by atoms with Gasteiger partial charge in [0.1, 0.15) is 5.82 Å². The second-order valence-corrected chi connectivity index (χ2v) is 9.48. The van der Waals surface area contributed by atoms with Crippen molar-refractivity contribution in [1.29, 1.82) is 0 Å². The third-order valence-corrected chi connectivity index (χ3v) is 7.24. The van der Waals surface area contributed by atoms with Gasteiger partial charge in [-0.2, -0.15) is 16.9 Å². The number of carbonyl (C=O) groups is 1. The van der Waals surface area contributed by atoms with Gasteiger partial charge in [-0.05, 0) is 53.6 Å². The average Bonchev–Trinajstić information content (AvgIpc) is 3.10. The van der Waals surface area contributed by atoms with Crippen LogP contribution in [0.4, 0.5) is 4.39 Å². The fourth-order valence-corrected chi connectivity index (χ4v) is 5.72. The lowest BCUT2D eigenvalue weighted by Gasteiger charge is -2.23. The van der Waals surface area contributed by atoms with Gasteiger partial charge in [0.05, 0.1) is 10.9 Å². The van der Waals surface area contributed by atoms with Crippen molar-refractivity contribution in [2.45, 2.75) is 22.6 Å². The molecule has 3 aromatic rings. The highest BCUT2D eigenvalue weighted by Gasteiger charge is 2.43. The Labute approximate surface area is 168 Å². The summed E-state index contributed by atoms with van der Waals surface area (Å²) >= 11 is 4.42. The van der Waals surface area contributed by atoms with E-state index >= 15 is 0 Å². The molecule has 0 N–H and O–H groups in total. The van der Waals surface area contributed by atoms with E-state index in [0.29, 0.717) is 6.42 Å². The van der Waals surface area contributed by atoms with Gasteiger partial charge in [-0.15, -0.1) is 0 Å². The standard InChI is InChI=1S/C21H18FNO3S2/c22-17-8-5-15(6-9-17)21(24)20-12-18(27)13-23(20)28(25,26)19-10-7-14-3-1-2-4-16(14)11-19/h1-11,18,20,27H,12-13H2/t18-,20+/m1/s1. The Morgan fingerprint density at radius 1 is 1.00 bits per heavy atom. The van der Waals surface area contributed by atoms with E-state index in [4.69, 9.17) is 0 Å². The maximum absolute atomic E-state index is 13.3. The Kier molecular flexibility index (Phi) is 4.99. The second-order valence-electron chi connectivity index (χ2n) is 6.86. The van der Waals surface area contributed by atoms with Crippen LogP contribution in [0.25, 0.3) is 10.8 Å². The van der Waals surface area contributed by atoms with Crippen LogP contribution in [0.15, 0.2) is 71.6 Å². The van der Waals surface area contributed by atoms with Crippen LogP contribution in [-0.4, -0.2) is 36.3 Å². The number of hydrogen-bond acceptors (Lipinski definition) is 4. The number of fused-ring (bicyclic) bond motifs is 1. The summed E-state index contributed by atoms with van der Waals surface area (Å²) in [5.41, 5.74) is 0.285. The number of nitrogens with zero attached hydrogens (tertiary/aromatic N) is 1. The minimum absolute atomic E-state index is 0.144. The lowest BCUT2D eigenvalue weighted by molar-refractivity contribution is 0.0918. The van der Waals surface area contributed by atoms with E-state index in [1.165, 1.54) is 28.6 Å². The first-order chi connectivity index (χ1) is 13.4. The Hall–Kier alpha value is -2.22. The van der Waals surface area contributed by atoms with Gasteiger partial charge in [-0.1, -0.05) is 30.3 Å². The Morgan fingerprint density at radius 2 is 1.68 bits per heavy atom. The highest BCUT2D eigenvalue weighted by Crippen LogP contribution is 2.32. The van der Waals surface area contributed by atoms with E-state index in [2.05, 4.69) is 12.6 Å². The van der Waals surface area contributed by atoms with Crippen LogP contribution in [0, 0.1) is 5.82 Å². The molecule has 0 saturated carbocycles. The average molecular weight is 416 g/mol. The number of carbonyl (C=O) groups excluding carboxylic acids is 1. The number of sulfonamides is 1. The van der Waals surface area contributed by atoms with Crippen molar-refractivity contribution in [3.8, 4) is 0 Å². The normalized spacial score (nSPS) is 20.5. The molecule has 1 aliphatic rings.